The number of benzene rings is 1. The Bertz CT molecular complexity index is 1170. The molecule has 0 saturated heterocycles. The number of halogens is 3. The van der Waals surface area contributed by atoms with E-state index in [0.29, 0.717) is 24.2 Å². The lowest BCUT2D eigenvalue weighted by atomic mass is 10.0. The molecule has 3 aromatic rings. The molecule has 2 unspecified atom stereocenters. The van der Waals surface area contributed by atoms with Crippen molar-refractivity contribution in [1.29, 1.82) is 0 Å². The fraction of sp³-hybridized carbons (Fsp3) is 0.333. The molecule has 1 aliphatic rings. The van der Waals surface area contributed by atoms with Crippen molar-refractivity contribution in [1.82, 2.24) is 25.8 Å². The third kappa shape index (κ3) is 5.92. The van der Waals surface area contributed by atoms with E-state index in [1.807, 2.05) is 18.2 Å². The molecule has 1 aromatic carbocycles. The van der Waals surface area contributed by atoms with Crippen molar-refractivity contribution >= 4 is 5.84 Å². The Balaban J connectivity index is 1.61. The number of hydrogen-bond donors (Lipinski definition) is 4. The van der Waals surface area contributed by atoms with Crippen molar-refractivity contribution in [3.8, 4) is 17.3 Å². The molecular weight excluding hydrogens is 469 g/mol. The van der Waals surface area contributed by atoms with E-state index in [9.17, 15) is 13.2 Å². The van der Waals surface area contributed by atoms with E-state index in [1.54, 1.807) is 19.2 Å². The topological polar surface area (TPSA) is 159 Å². The van der Waals surface area contributed by atoms with Gasteiger partial charge in [-0.05, 0) is 6.07 Å². The maximum absolute atomic E-state index is 12.3. The molecule has 2 atom stereocenters. The van der Waals surface area contributed by atoms with Gasteiger partial charge in [-0.25, -0.2) is 15.3 Å². The molecular formula is C21H23F3N8O3. The molecule has 0 spiro atoms. The highest BCUT2D eigenvalue weighted by molar-refractivity contribution is 5.96. The average Bonchev–Trinajstić information content (AvgIpc) is 3.32. The smallest absolute Gasteiger partial charge is 0.422 e. The summed E-state index contributed by atoms with van der Waals surface area (Å²) in [6.45, 7) is -1.13. The van der Waals surface area contributed by atoms with E-state index in [1.165, 1.54) is 18.3 Å². The first-order valence-corrected chi connectivity index (χ1v) is 10.4. The molecule has 0 fully saturated rings. The van der Waals surface area contributed by atoms with Gasteiger partial charge in [0, 0.05) is 31.4 Å². The Hall–Kier alpha value is -3.59. The SMILES string of the molecule is COCCC1(N)NC(c2noc(-c3ccc(OCC(F)(F)F)nc3)n2)=NC(N)(c2ccccc2)N1. The van der Waals surface area contributed by atoms with Crippen molar-refractivity contribution in [3.63, 3.8) is 0 Å². The van der Waals surface area contributed by atoms with Gasteiger partial charge in [-0.2, -0.15) is 18.2 Å². The van der Waals surface area contributed by atoms with Crippen LogP contribution in [0.1, 0.15) is 17.8 Å². The van der Waals surface area contributed by atoms with Crippen molar-refractivity contribution in [2.45, 2.75) is 24.2 Å². The summed E-state index contributed by atoms with van der Waals surface area (Å²) in [5.41, 5.74) is 14.1. The van der Waals surface area contributed by atoms with Crippen LogP contribution in [-0.4, -0.2) is 53.2 Å². The molecule has 1 aliphatic heterocycles. The highest BCUT2D eigenvalue weighted by Crippen LogP contribution is 2.25. The highest BCUT2D eigenvalue weighted by atomic mass is 19.4. The minimum absolute atomic E-state index is 0.0553. The second kappa shape index (κ2) is 9.58. The van der Waals surface area contributed by atoms with E-state index < -0.39 is 24.4 Å². The van der Waals surface area contributed by atoms with Crippen LogP contribution in [0.4, 0.5) is 13.2 Å². The zero-order valence-electron chi connectivity index (χ0n) is 18.5. The fourth-order valence-electron chi connectivity index (χ4n) is 3.32. The second-order valence-corrected chi connectivity index (χ2v) is 7.77. The lowest BCUT2D eigenvalue weighted by Crippen LogP contribution is -2.75. The van der Waals surface area contributed by atoms with E-state index in [4.69, 9.17) is 20.7 Å². The lowest BCUT2D eigenvalue weighted by molar-refractivity contribution is -0.154. The van der Waals surface area contributed by atoms with Gasteiger partial charge in [0.15, 0.2) is 18.2 Å². The van der Waals surface area contributed by atoms with Crippen LogP contribution in [0.5, 0.6) is 5.88 Å². The van der Waals surface area contributed by atoms with Crippen LogP contribution in [0.25, 0.3) is 11.5 Å². The first-order valence-electron chi connectivity index (χ1n) is 10.4. The molecule has 0 bridgehead atoms. The van der Waals surface area contributed by atoms with Crippen LogP contribution >= 0.6 is 0 Å². The minimum atomic E-state index is -4.47. The van der Waals surface area contributed by atoms with Crippen molar-refractivity contribution in [3.05, 3.63) is 60.0 Å². The number of aromatic nitrogens is 3. The van der Waals surface area contributed by atoms with Gasteiger partial charge < -0.3 is 19.3 Å². The van der Waals surface area contributed by atoms with Gasteiger partial charge >= 0.3 is 6.18 Å². The summed E-state index contributed by atoms with van der Waals surface area (Å²) in [5.74, 6) is -2.54. The Morgan fingerprint density at radius 1 is 1.11 bits per heavy atom. The van der Waals surface area contributed by atoms with Crippen molar-refractivity contribution in [2.24, 2.45) is 16.5 Å². The summed E-state index contributed by atoms with van der Waals surface area (Å²) in [5, 5.41) is 10.1. The monoisotopic (exact) mass is 492 g/mol. The largest absolute Gasteiger partial charge is 0.468 e. The number of nitrogens with zero attached hydrogens (tertiary/aromatic N) is 4. The van der Waals surface area contributed by atoms with Crippen molar-refractivity contribution < 1.29 is 27.2 Å². The number of pyridine rings is 1. The molecule has 0 saturated carbocycles. The van der Waals surface area contributed by atoms with Crippen LogP contribution in [-0.2, 0) is 10.5 Å². The van der Waals surface area contributed by atoms with Gasteiger partial charge in [0.25, 0.3) is 5.89 Å². The maximum Gasteiger partial charge on any atom is 0.422 e. The average molecular weight is 492 g/mol. The zero-order valence-corrected chi connectivity index (χ0v) is 18.5. The number of ether oxygens (including phenoxy) is 2. The third-order valence-electron chi connectivity index (χ3n) is 4.96. The molecule has 3 heterocycles. The summed E-state index contributed by atoms with van der Waals surface area (Å²) in [7, 11) is 1.55. The van der Waals surface area contributed by atoms with E-state index in [2.05, 4.69) is 35.5 Å². The standard InChI is InChI=1S/C21H23F3N8O3/c1-33-10-9-20(25)29-17(30-21(26,32-20)14-5-3-2-4-6-14)16-28-18(35-31-16)13-7-8-15(27-11-13)34-12-19(22,23)24/h2-8,11,32H,9-10,12,25-26H2,1H3,(H,29,30). The Kier molecular flexibility index (Phi) is 6.71. The van der Waals surface area contributed by atoms with Gasteiger partial charge in [0.2, 0.25) is 11.7 Å². The second-order valence-electron chi connectivity index (χ2n) is 7.77. The van der Waals surface area contributed by atoms with Gasteiger partial charge in [0.05, 0.1) is 12.2 Å². The number of aliphatic imine (C=N–C) groups is 1. The molecule has 2 aromatic heterocycles. The van der Waals surface area contributed by atoms with Gasteiger partial charge in [-0.1, -0.05) is 35.5 Å². The maximum atomic E-state index is 12.3. The third-order valence-corrected chi connectivity index (χ3v) is 4.96. The first-order chi connectivity index (χ1) is 16.6. The molecule has 11 nitrogen and oxygen atoms in total. The van der Waals surface area contributed by atoms with E-state index in [0.717, 1.165) is 0 Å². The summed E-state index contributed by atoms with van der Waals surface area (Å²) in [4.78, 5) is 12.7. The number of alkyl halides is 3. The number of rotatable bonds is 8. The van der Waals surface area contributed by atoms with Crippen LogP contribution < -0.4 is 26.8 Å². The molecule has 4 rings (SSSR count). The summed E-state index contributed by atoms with van der Waals surface area (Å²) in [6.07, 6.45) is -2.89. The fourth-order valence-corrected chi connectivity index (χ4v) is 3.32. The molecule has 0 amide bonds. The molecule has 186 valence electrons. The van der Waals surface area contributed by atoms with Crippen LogP contribution in [0.2, 0.25) is 0 Å². The van der Waals surface area contributed by atoms with Crippen molar-refractivity contribution in [2.75, 3.05) is 20.3 Å². The minimum Gasteiger partial charge on any atom is -0.468 e. The van der Waals surface area contributed by atoms with Gasteiger partial charge in [0.1, 0.15) is 5.79 Å². The molecule has 35 heavy (non-hydrogen) atoms. The van der Waals surface area contributed by atoms with Gasteiger partial charge in [-0.15, -0.1) is 0 Å². The first kappa shape index (κ1) is 24.5. The van der Waals surface area contributed by atoms with Crippen LogP contribution in [0.3, 0.4) is 0 Å². The normalized spacial score (nSPS) is 22.4. The zero-order chi connectivity index (χ0) is 25.1. The molecule has 14 heteroatoms. The lowest BCUT2D eigenvalue weighted by Gasteiger charge is -2.43. The predicted molar refractivity (Wildman–Crippen MR) is 118 cm³/mol. The quantitative estimate of drug-likeness (QED) is 0.362. The molecule has 0 aliphatic carbocycles. The molecule has 6 N–H and O–H groups in total. The number of hydrogen-bond acceptors (Lipinski definition) is 11. The summed E-state index contributed by atoms with van der Waals surface area (Å²) < 4.78 is 52.0. The number of nitrogens with one attached hydrogen (secondary N) is 2. The summed E-state index contributed by atoms with van der Waals surface area (Å²) >= 11 is 0. The Labute approximate surface area is 197 Å². The van der Waals surface area contributed by atoms with Gasteiger partial charge in [-0.3, -0.25) is 11.5 Å². The molecule has 0 radical (unpaired) electrons. The Morgan fingerprint density at radius 2 is 1.89 bits per heavy atom. The van der Waals surface area contributed by atoms with E-state index in [-0.39, 0.29) is 23.4 Å². The van der Waals surface area contributed by atoms with Crippen LogP contribution in [0.15, 0.2) is 58.2 Å². The predicted octanol–water partition coefficient (Wildman–Crippen LogP) is 1.43. The Morgan fingerprint density at radius 3 is 2.54 bits per heavy atom. The van der Waals surface area contributed by atoms with E-state index >= 15 is 0 Å². The summed E-state index contributed by atoms with van der Waals surface area (Å²) in [6, 6.07) is 11.8. The number of nitrogens with two attached hydrogens (primary N) is 2. The highest BCUT2D eigenvalue weighted by Gasteiger charge is 2.42. The van der Waals surface area contributed by atoms with Crippen LogP contribution in [0, 0.1) is 0 Å². The number of methoxy groups -OCH3 is 1. The number of amidine groups is 1.